The lowest BCUT2D eigenvalue weighted by atomic mass is 9.91. The van der Waals surface area contributed by atoms with Crippen LogP contribution in [0.5, 0.6) is 0 Å². The molecule has 3 heterocycles. The van der Waals surface area contributed by atoms with Crippen molar-refractivity contribution in [3.8, 4) is 11.3 Å². The molecule has 1 fully saturated rings. The second-order valence-electron chi connectivity index (χ2n) is 11.1. The van der Waals surface area contributed by atoms with Crippen LogP contribution in [0.2, 0.25) is 5.02 Å². The fraction of sp³-hybridized carbons (Fsp3) is 0.414. The number of nitrogens with one attached hydrogen (secondary N) is 2. The van der Waals surface area contributed by atoms with Crippen molar-refractivity contribution in [1.82, 2.24) is 29.4 Å². The highest BCUT2D eigenvalue weighted by Crippen LogP contribution is 2.27. The molecule has 5 rings (SSSR count). The predicted octanol–water partition coefficient (Wildman–Crippen LogP) is 4.88. The Kier molecular flexibility index (Phi) is 8.49. The minimum atomic E-state index is -3.97. The quantitative estimate of drug-likeness (QED) is 0.286. The maximum absolute atomic E-state index is 13.8. The lowest BCUT2D eigenvalue weighted by molar-refractivity contribution is 0.221. The van der Waals surface area contributed by atoms with E-state index in [1.807, 2.05) is 13.8 Å². The van der Waals surface area contributed by atoms with Crippen LogP contribution in [0.15, 0.2) is 52.3 Å². The van der Waals surface area contributed by atoms with Crippen LogP contribution >= 0.6 is 11.6 Å². The summed E-state index contributed by atoms with van der Waals surface area (Å²) in [4.78, 5) is 34.3. The highest BCUT2D eigenvalue weighted by Gasteiger charge is 2.24. The molecular formula is C29H35ClN8O3S. The van der Waals surface area contributed by atoms with Gasteiger partial charge in [0.25, 0.3) is 15.6 Å². The van der Waals surface area contributed by atoms with E-state index < -0.39 is 10.0 Å². The van der Waals surface area contributed by atoms with Gasteiger partial charge in [-0.3, -0.25) is 14.1 Å². The van der Waals surface area contributed by atoms with Gasteiger partial charge in [0.15, 0.2) is 5.65 Å². The van der Waals surface area contributed by atoms with E-state index in [1.165, 1.54) is 18.2 Å². The maximum atomic E-state index is 13.8. The van der Waals surface area contributed by atoms with E-state index in [0.29, 0.717) is 34.4 Å². The first-order valence-corrected chi connectivity index (χ1v) is 15.8. The molecule has 1 aliphatic rings. The molecule has 3 aromatic heterocycles. The van der Waals surface area contributed by atoms with Gasteiger partial charge in [-0.15, -0.1) is 0 Å². The van der Waals surface area contributed by atoms with Gasteiger partial charge in [0, 0.05) is 29.4 Å². The molecule has 11 nitrogen and oxygen atoms in total. The second kappa shape index (κ2) is 11.9. The van der Waals surface area contributed by atoms with Crippen molar-refractivity contribution in [2.45, 2.75) is 69.5 Å². The van der Waals surface area contributed by atoms with Gasteiger partial charge >= 0.3 is 0 Å². The first-order valence-electron chi connectivity index (χ1n) is 13.9. The lowest BCUT2D eigenvalue weighted by Crippen LogP contribution is -2.36. The Bertz CT molecular complexity index is 1780. The van der Waals surface area contributed by atoms with Crippen LogP contribution in [0.3, 0.4) is 0 Å². The SMILES string of the molecule is Cc1nc(NS(=O)(=O)c2ccccc2Cl)ccc1-c1nc2cnc(NC3CCC(N(C)C)CC3)nc2n(C(C)C)c1=O. The summed E-state index contributed by atoms with van der Waals surface area (Å²) < 4.78 is 29.8. The summed E-state index contributed by atoms with van der Waals surface area (Å²) in [6.45, 7) is 5.53. The summed E-state index contributed by atoms with van der Waals surface area (Å²) in [5, 5.41) is 3.56. The number of halogens is 1. The molecule has 2 N–H and O–H groups in total. The number of fused-ring (bicyclic) bond motifs is 1. The highest BCUT2D eigenvalue weighted by atomic mass is 35.5. The molecule has 1 saturated carbocycles. The third-order valence-corrected chi connectivity index (χ3v) is 9.47. The average Bonchev–Trinajstić information content (AvgIpc) is 2.93. The average molecular weight is 611 g/mol. The van der Waals surface area contributed by atoms with Crippen LogP contribution in [-0.2, 0) is 10.0 Å². The van der Waals surface area contributed by atoms with Crippen molar-refractivity contribution in [2.24, 2.45) is 0 Å². The van der Waals surface area contributed by atoms with Gasteiger partial charge in [-0.25, -0.2) is 23.4 Å². The molecule has 4 aromatic rings. The zero-order valence-electron chi connectivity index (χ0n) is 24.3. The Morgan fingerprint density at radius 3 is 2.38 bits per heavy atom. The number of rotatable bonds is 8. The van der Waals surface area contributed by atoms with Crippen LogP contribution in [0, 0.1) is 6.92 Å². The van der Waals surface area contributed by atoms with Crippen molar-refractivity contribution >= 4 is 44.6 Å². The van der Waals surface area contributed by atoms with Crippen LogP contribution < -0.4 is 15.6 Å². The molecule has 0 saturated heterocycles. The molecule has 1 aromatic carbocycles. The number of hydrogen-bond acceptors (Lipinski definition) is 9. The number of anilines is 2. The molecule has 0 amide bonds. The number of nitrogens with zero attached hydrogens (tertiary/aromatic N) is 6. The molecule has 0 bridgehead atoms. The Balaban J connectivity index is 1.45. The summed E-state index contributed by atoms with van der Waals surface area (Å²) in [5.74, 6) is 0.576. The van der Waals surface area contributed by atoms with Gasteiger partial charge < -0.3 is 10.2 Å². The number of benzene rings is 1. The lowest BCUT2D eigenvalue weighted by Gasteiger charge is -2.32. The molecule has 0 spiro atoms. The number of pyridine rings is 1. The van der Waals surface area contributed by atoms with E-state index >= 15 is 0 Å². The van der Waals surface area contributed by atoms with Crippen LogP contribution in [0.4, 0.5) is 11.8 Å². The first kappa shape index (κ1) is 29.9. The van der Waals surface area contributed by atoms with Crippen LogP contribution in [-0.4, -0.2) is 64.0 Å². The zero-order chi connectivity index (χ0) is 30.2. The van der Waals surface area contributed by atoms with Gasteiger partial charge in [0.2, 0.25) is 5.95 Å². The van der Waals surface area contributed by atoms with E-state index in [9.17, 15) is 13.2 Å². The predicted molar refractivity (Wildman–Crippen MR) is 166 cm³/mol. The summed E-state index contributed by atoms with van der Waals surface area (Å²) in [6, 6.07) is 9.95. The molecule has 13 heteroatoms. The monoisotopic (exact) mass is 610 g/mol. The number of sulfonamides is 1. The van der Waals surface area contributed by atoms with Gasteiger partial charge in [-0.1, -0.05) is 23.7 Å². The van der Waals surface area contributed by atoms with Crippen LogP contribution in [0.25, 0.3) is 22.4 Å². The van der Waals surface area contributed by atoms with Crippen molar-refractivity contribution in [1.29, 1.82) is 0 Å². The molecule has 1 aliphatic carbocycles. The fourth-order valence-electron chi connectivity index (χ4n) is 5.37. The smallest absolute Gasteiger partial charge is 0.279 e. The summed E-state index contributed by atoms with van der Waals surface area (Å²) >= 11 is 6.09. The summed E-state index contributed by atoms with van der Waals surface area (Å²) in [6.07, 6.45) is 5.89. The van der Waals surface area contributed by atoms with Crippen molar-refractivity contribution in [3.63, 3.8) is 0 Å². The third-order valence-electron chi connectivity index (χ3n) is 7.61. The maximum Gasteiger partial charge on any atom is 0.279 e. The second-order valence-corrected chi connectivity index (χ2v) is 13.2. The highest BCUT2D eigenvalue weighted by molar-refractivity contribution is 7.92. The van der Waals surface area contributed by atoms with Gasteiger partial charge in [-0.2, -0.15) is 4.98 Å². The summed E-state index contributed by atoms with van der Waals surface area (Å²) in [5.41, 5.74) is 1.71. The Morgan fingerprint density at radius 1 is 1.02 bits per heavy atom. The number of hydrogen-bond donors (Lipinski definition) is 2. The molecule has 0 unspecified atom stereocenters. The van der Waals surface area contributed by atoms with E-state index in [1.54, 1.807) is 35.9 Å². The number of aryl methyl sites for hydroxylation is 1. The van der Waals surface area contributed by atoms with E-state index in [-0.39, 0.29) is 39.1 Å². The fourth-order valence-corrected chi connectivity index (χ4v) is 6.89. The van der Waals surface area contributed by atoms with E-state index in [4.69, 9.17) is 16.6 Å². The molecular weight excluding hydrogens is 576 g/mol. The Hall–Kier alpha value is -3.61. The van der Waals surface area contributed by atoms with Gasteiger partial charge in [-0.05, 0) is 84.8 Å². The Morgan fingerprint density at radius 2 is 1.74 bits per heavy atom. The molecule has 0 aliphatic heterocycles. The van der Waals surface area contributed by atoms with E-state index in [0.717, 1.165) is 25.7 Å². The standard InChI is InChI=1S/C29H35ClN8O3S/c1-17(2)38-27-23(16-31-29(35-27)33-19-10-12-20(13-11-19)37(4)5)34-26(28(38)39)21-14-15-25(32-18(21)3)36-42(40,41)24-9-7-6-8-22(24)30/h6-9,14-17,19-20H,10-13H2,1-5H3,(H,32,36)(H,31,33,35). The summed E-state index contributed by atoms with van der Waals surface area (Å²) in [7, 11) is 0.271. The Labute approximate surface area is 250 Å². The zero-order valence-corrected chi connectivity index (χ0v) is 25.9. The minimum Gasteiger partial charge on any atom is -0.351 e. The molecule has 0 radical (unpaired) electrons. The molecule has 42 heavy (non-hydrogen) atoms. The van der Waals surface area contributed by atoms with Crippen LogP contribution in [0.1, 0.15) is 51.3 Å². The van der Waals surface area contributed by atoms with E-state index in [2.05, 4.69) is 44.0 Å². The molecule has 0 atom stereocenters. The normalized spacial score (nSPS) is 17.6. The molecule has 222 valence electrons. The largest absolute Gasteiger partial charge is 0.351 e. The topological polar surface area (TPSA) is 135 Å². The number of aromatic nitrogens is 5. The van der Waals surface area contributed by atoms with Crippen molar-refractivity contribution in [3.05, 3.63) is 63.7 Å². The van der Waals surface area contributed by atoms with Gasteiger partial charge in [0.05, 0.1) is 11.2 Å². The van der Waals surface area contributed by atoms with Crippen molar-refractivity contribution < 1.29 is 8.42 Å². The van der Waals surface area contributed by atoms with Gasteiger partial charge in [0.1, 0.15) is 21.9 Å². The third kappa shape index (κ3) is 6.11. The minimum absolute atomic E-state index is 0.0543. The first-order chi connectivity index (χ1) is 19.9. The van der Waals surface area contributed by atoms with Crippen molar-refractivity contribution in [2.75, 3.05) is 24.1 Å².